The van der Waals surface area contributed by atoms with Crippen molar-refractivity contribution in [3.05, 3.63) is 40.4 Å². The van der Waals surface area contributed by atoms with Gasteiger partial charge in [-0.2, -0.15) is 0 Å². The fraction of sp³-hybridized carbons (Fsp3) is 0.467. The summed E-state index contributed by atoms with van der Waals surface area (Å²) in [5.74, 6) is -0.552. The molecule has 22 heavy (non-hydrogen) atoms. The van der Waals surface area contributed by atoms with Crippen LogP contribution in [0.2, 0.25) is 0 Å². The average molecular weight is 411 g/mol. The first kappa shape index (κ1) is 19.9. The van der Waals surface area contributed by atoms with E-state index in [2.05, 4.69) is 15.9 Å². The largest absolute Gasteiger partial charge is 0.351 e. The molecule has 0 saturated carbocycles. The third-order valence-corrected chi connectivity index (χ3v) is 6.25. The van der Waals surface area contributed by atoms with Gasteiger partial charge in [0.15, 0.2) is 0 Å². The molecule has 0 spiro atoms. The Kier molecular flexibility index (Phi) is 8.33. The van der Waals surface area contributed by atoms with Crippen molar-refractivity contribution < 1.29 is 13.6 Å². The van der Waals surface area contributed by atoms with Crippen LogP contribution < -0.4 is 0 Å². The molecule has 1 rings (SSSR count). The van der Waals surface area contributed by atoms with Gasteiger partial charge in [0.05, 0.1) is 13.2 Å². The quantitative estimate of drug-likeness (QED) is 0.553. The lowest BCUT2D eigenvalue weighted by Gasteiger charge is -2.29. The Hall–Kier alpha value is -0.160. The van der Waals surface area contributed by atoms with E-state index in [1.807, 2.05) is 38.4 Å². The second-order valence-electron chi connectivity index (χ2n) is 4.77. The summed E-state index contributed by atoms with van der Waals surface area (Å²) < 4.78 is 24.8. The van der Waals surface area contributed by atoms with Crippen LogP contribution in [0.25, 0.3) is 5.03 Å². The second-order valence-corrected chi connectivity index (χ2v) is 8.22. The number of likely N-dealkylation sites (N-methyl/N-ethyl adjacent to an activating group) is 1. The molecule has 7 heteroatoms. The average Bonchev–Trinajstić information content (AvgIpc) is 2.45. The van der Waals surface area contributed by atoms with Gasteiger partial charge < -0.3 is 9.05 Å². The van der Waals surface area contributed by atoms with Crippen molar-refractivity contribution in [3.8, 4) is 0 Å². The lowest BCUT2D eigenvalue weighted by atomic mass is 10.2. The molecule has 0 aliphatic heterocycles. The van der Waals surface area contributed by atoms with Crippen molar-refractivity contribution in [1.29, 1.82) is 0 Å². The molecule has 0 aliphatic carbocycles. The van der Waals surface area contributed by atoms with Gasteiger partial charge >= 0.3 is 7.60 Å². The maximum absolute atomic E-state index is 13.0. The van der Waals surface area contributed by atoms with Crippen LogP contribution in [0.15, 0.2) is 34.8 Å². The maximum Gasteiger partial charge on any atom is 0.351 e. The molecule has 0 unspecified atom stereocenters. The Morgan fingerprint density at radius 1 is 1.27 bits per heavy atom. The highest BCUT2D eigenvalue weighted by Crippen LogP contribution is 2.54. The first-order valence-electron chi connectivity index (χ1n) is 7.02. The van der Waals surface area contributed by atoms with E-state index in [-0.39, 0.29) is 0 Å². The van der Waals surface area contributed by atoms with Crippen molar-refractivity contribution in [2.45, 2.75) is 19.6 Å². The molecule has 0 saturated heterocycles. The SMILES string of the molecule is CCOP(=O)(OCC)[C@@H](/C=C(\Cl)c1ccc(Br)cc1)N(C)C. The number of nitrogens with zero attached hydrogens (tertiary/aromatic N) is 1. The summed E-state index contributed by atoms with van der Waals surface area (Å²) in [6.07, 6.45) is 1.72. The van der Waals surface area contributed by atoms with E-state index in [1.54, 1.807) is 24.8 Å². The van der Waals surface area contributed by atoms with Crippen molar-refractivity contribution in [1.82, 2.24) is 4.90 Å². The smallest absolute Gasteiger partial charge is 0.308 e. The van der Waals surface area contributed by atoms with E-state index in [0.29, 0.717) is 18.2 Å². The predicted molar refractivity (Wildman–Crippen MR) is 96.3 cm³/mol. The molecule has 0 bridgehead atoms. The van der Waals surface area contributed by atoms with Crippen LogP contribution in [-0.2, 0) is 13.6 Å². The fourth-order valence-electron chi connectivity index (χ4n) is 1.91. The third kappa shape index (κ3) is 5.48. The minimum absolute atomic E-state index is 0.311. The van der Waals surface area contributed by atoms with Crippen LogP contribution in [0.5, 0.6) is 0 Å². The maximum atomic E-state index is 13.0. The van der Waals surface area contributed by atoms with Gasteiger partial charge in [-0.3, -0.25) is 9.46 Å². The van der Waals surface area contributed by atoms with E-state index in [0.717, 1.165) is 10.0 Å². The molecule has 0 radical (unpaired) electrons. The van der Waals surface area contributed by atoms with Gasteiger partial charge in [-0.15, -0.1) is 0 Å². The Morgan fingerprint density at radius 3 is 2.18 bits per heavy atom. The molecule has 0 heterocycles. The highest BCUT2D eigenvalue weighted by atomic mass is 79.9. The normalized spacial score (nSPS) is 14.4. The Labute approximate surface area is 146 Å². The Bertz CT molecular complexity index is 538. The first-order valence-corrected chi connectivity index (χ1v) is 9.80. The summed E-state index contributed by atoms with van der Waals surface area (Å²) in [4.78, 5) is 1.79. The minimum Gasteiger partial charge on any atom is -0.308 e. The van der Waals surface area contributed by atoms with E-state index < -0.39 is 13.4 Å². The molecule has 1 atom stereocenters. The van der Waals surface area contributed by atoms with Crippen LogP contribution >= 0.6 is 35.1 Å². The fourth-order valence-corrected chi connectivity index (χ4v) is 4.50. The summed E-state index contributed by atoms with van der Waals surface area (Å²) >= 11 is 9.78. The zero-order valence-corrected chi connectivity index (χ0v) is 16.5. The number of rotatable bonds is 8. The summed E-state index contributed by atoms with van der Waals surface area (Å²) in [6, 6.07) is 7.59. The van der Waals surface area contributed by atoms with Gasteiger partial charge in [0.1, 0.15) is 5.78 Å². The topological polar surface area (TPSA) is 38.8 Å². The van der Waals surface area contributed by atoms with Crippen LogP contribution in [0.4, 0.5) is 0 Å². The molecular weight excluding hydrogens is 389 g/mol. The van der Waals surface area contributed by atoms with Gasteiger partial charge in [-0.25, -0.2) is 0 Å². The van der Waals surface area contributed by atoms with Crippen LogP contribution in [0.1, 0.15) is 19.4 Å². The zero-order valence-electron chi connectivity index (χ0n) is 13.3. The van der Waals surface area contributed by atoms with Crippen LogP contribution in [-0.4, -0.2) is 38.0 Å². The number of hydrogen-bond donors (Lipinski definition) is 0. The molecular formula is C15H22BrClNO3P. The van der Waals surface area contributed by atoms with E-state index in [9.17, 15) is 4.57 Å². The number of hydrogen-bond acceptors (Lipinski definition) is 4. The van der Waals surface area contributed by atoms with Crippen molar-refractivity contribution in [2.75, 3.05) is 27.3 Å². The number of benzene rings is 1. The van der Waals surface area contributed by atoms with Gasteiger partial charge in [0, 0.05) is 9.51 Å². The number of halogens is 2. The summed E-state index contributed by atoms with van der Waals surface area (Å²) in [5.41, 5.74) is 0.844. The highest BCUT2D eigenvalue weighted by Gasteiger charge is 2.36. The highest BCUT2D eigenvalue weighted by molar-refractivity contribution is 9.10. The first-order chi connectivity index (χ1) is 10.3. The summed E-state index contributed by atoms with van der Waals surface area (Å²) in [7, 11) is 0.320. The van der Waals surface area contributed by atoms with Crippen molar-refractivity contribution >= 4 is 40.2 Å². The van der Waals surface area contributed by atoms with E-state index in [1.165, 1.54) is 0 Å². The van der Waals surface area contributed by atoms with Crippen LogP contribution in [0.3, 0.4) is 0 Å². The molecule has 0 fully saturated rings. The Morgan fingerprint density at radius 2 is 1.77 bits per heavy atom. The lowest BCUT2D eigenvalue weighted by molar-refractivity contribution is 0.196. The van der Waals surface area contributed by atoms with E-state index >= 15 is 0 Å². The molecule has 124 valence electrons. The van der Waals surface area contributed by atoms with Gasteiger partial charge in [0.2, 0.25) is 0 Å². The molecule has 0 aromatic heterocycles. The molecule has 0 aliphatic rings. The third-order valence-electron chi connectivity index (χ3n) is 2.89. The van der Waals surface area contributed by atoms with Gasteiger partial charge in [0.25, 0.3) is 0 Å². The van der Waals surface area contributed by atoms with Crippen molar-refractivity contribution in [2.24, 2.45) is 0 Å². The summed E-state index contributed by atoms with van der Waals surface area (Å²) in [6.45, 7) is 4.20. The predicted octanol–water partition coefficient (Wildman–Crippen LogP) is 5.18. The summed E-state index contributed by atoms with van der Waals surface area (Å²) in [5, 5.41) is 0.505. The Balaban J connectivity index is 3.16. The monoisotopic (exact) mass is 409 g/mol. The van der Waals surface area contributed by atoms with Gasteiger partial charge in [-0.05, 0) is 51.7 Å². The van der Waals surface area contributed by atoms with Crippen LogP contribution in [0, 0.1) is 0 Å². The molecule has 0 N–H and O–H groups in total. The second kappa shape index (κ2) is 9.21. The molecule has 1 aromatic rings. The molecule has 1 aromatic carbocycles. The zero-order chi connectivity index (χ0) is 16.8. The van der Waals surface area contributed by atoms with Crippen molar-refractivity contribution in [3.63, 3.8) is 0 Å². The molecule has 4 nitrogen and oxygen atoms in total. The van der Waals surface area contributed by atoms with Gasteiger partial charge in [-0.1, -0.05) is 39.7 Å². The standard InChI is InChI=1S/C15H22BrClNO3P/c1-5-20-22(19,21-6-2)15(18(3)4)11-14(17)12-7-9-13(16)10-8-12/h7-11,15H,5-6H2,1-4H3/b14-11-/t15-/m0/s1. The van der Waals surface area contributed by atoms with E-state index in [4.69, 9.17) is 20.6 Å². The minimum atomic E-state index is -3.31. The lowest BCUT2D eigenvalue weighted by Crippen LogP contribution is -2.28. The molecule has 0 amide bonds.